The molecular formula is C11H20N4O. The van der Waals surface area contributed by atoms with Gasteiger partial charge >= 0.3 is 0 Å². The average Bonchev–Trinajstić information content (AvgIpc) is 2.27. The first-order valence-electron chi connectivity index (χ1n) is 5.73. The van der Waals surface area contributed by atoms with E-state index in [0.717, 1.165) is 24.7 Å². The van der Waals surface area contributed by atoms with Crippen molar-refractivity contribution in [2.24, 2.45) is 0 Å². The summed E-state index contributed by atoms with van der Waals surface area (Å²) in [5.41, 5.74) is 0. The first-order chi connectivity index (χ1) is 7.80. The maximum atomic E-state index is 5.31. The van der Waals surface area contributed by atoms with Crippen LogP contribution in [0.4, 0.5) is 11.6 Å². The minimum absolute atomic E-state index is 0.453. The number of nitrogens with zero attached hydrogens (tertiary/aromatic N) is 2. The highest BCUT2D eigenvalue weighted by molar-refractivity contribution is 5.47. The number of hydrogen-bond donors (Lipinski definition) is 2. The Labute approximate surface area is 96.6 Å². The van der Waals surface area contributed by atoms with Crippen LogP contribution >= 0.6 is 0 Å². The van der Waals surface area contributed by atoms with Crippen LogP contribution in [0.5, 0.6) is 0 Å². The number of anilines is 2. The molecule has 0 aromatic carbocycles. The fourth-order valence-electron chi connectivity index (χ4n) is 1.30. The maximum Gasteiger partial charge on any atom is 0.158 e. The van der Waals surface area contributed by atoms with E-state index < -0.39 is 0 Å². The van der Waals surface area contributed by atoms with Crippen molar-refractivity contribution in [2.45, 2.75) is 27.4 Å². The van der Waals surface area contributed by atoms with E-state index in [2.05, 4.69) is 20.6 Å². The van der Waals surface area contributed by atoms with Crippen LogP contribution in [0.2, 0.25) is 0 Å². The van der Waals surface area contributed by atoms with Gasteiger partial charge in [-0.25, -0.2) is 9.97 Å². The minimum Gasteiger partial charge on any atom is -0.374 e. The Morgan fingerprint density at radius 3 is 2.06 bits per heavy atom. The lowest BCUT2D eigenvalue weighted by Gasteiger charge is -2.09. The Kier molecular flexibility index (Phi) is 5.56. The molecule has 0 saturated heterocycles. The SMILES string of the molecule is CCNc1cc(NCC)nc(COCC)n1. The first-order valence-corrected chi connectivity index (χ1v) is 5.73. The van der Waals surface area contributed by atoms with Crippen molar-refractivity contribution in [3.8, 4) is 0 Å². The zero-order valence-electron chi connectivity index (χ0n) is 10.2. The van der Waals surface area contributed by atoms with Gasteiger partial charge in [-0.15, -0.1) is 0 Å². The van der Waals surface area contributed by atoms with Crippen molar-refractivity contribution in [3.63, 3.8) is 0 Å². The van der Waals surface area contributed by atoms with Gasteiger partial charge < -0.3 is 15.4 Å². The van der Waals surface area contributed by atoms with E-state index in [-0.39, 0.29) is 0 Å². The van der Waals surface area contributed by atoms with Crippen molar-refractivity contribution < 1.29 is 4.74 Å². The van der Waals surface area contributed by atoms with Gasteiger partial charge in [0.05, 0.1) is 0 Å². The lowest BCUT2D eigenvalue weighted by atomic mass is 10.4. The second-order valence-corrected chi connectivity index (χ2v) is 3.25. The van der Waals surface area contributed by atoms with E-state index in [1.54, 1.807) is 0 Å². The van der Waals surface area contributed by atoms with Gasteiger partial charge in [0.2, 0.25) is 0 Å². The van der Waals surface area contributed by atoms with Gasteiger partial charge in [0, 0.05) is 25.8 Å². The maximum absolute atomic E-state index is 5.31. The Hall–Kier alpha value is -1.36. The molecular weight excluding hydrogens is 204 g/mol. The molecule has 0 aliphatic carbocycles. The van der Waals surface area contributed by atoms with Crippen molar-refractivity contribution in [1.29, 1.82) is 0 Å². The number of aromatic nitrogens is 2. The van der Waals surface area contributed by atoms with Crippen LogP contribution in [0.3, 0.4) is 0 Å². The normalized spacial score (nSPS) is 10.2. The molecule has 1 rings (SSSR count). The van der Waals surface area contributed by atoms with Crippen LogP contribution < -0.4 is 10.6 Å². The molecule has 1 heterocycles. The van der Waals surface area contributed by atoms with Gasteiger partial charge in [-0.1, -0.05) is 0 Å². The quantitative estimate of drug-likeness (QED) is 0.740. The number of hydrogen-bond acceptors (Lipinski definition) is 5. The second kappa shape index (κ2) is 7.00. The summed E-state index contributed by atoms with van der Waals surface area (Å²) >= 11 is 0. The number of nitrogens with one attached hydrogen (secondary N) is 2. The summed E-state index contributed by atoms with van der Waals surface area (Å²) in [6.07, 6.45) is 0. The molecule has 0 amide bonds. The Morgan fingerprint density at radius 2 is 1.62 bits per heavy atom. The van der Waals surface area contributed by atoms with E-state index in [0.29, 0.717) is 19.0 Å². The van der Waals surface area contributed by atoms with Crippen LogP contribution in [0.15, 0.2) is 6.07 Å². The Bertz CT molecular complexity index is 293. The van der Waals surface area contributed by atoms with Crippen molar-refractivity contribution in [3.05, 3.63) is 11.9 Å². The van der Waals surface area contributed by atoms with Gasteiger partial charge in [0.25, 0.3) is 0 Å². The fourth-order valence-corrected chi connectivity index (χ4v) is 1.30. The molecule has 0 aliphatic heterocycles. The molecule has 16 heavy (non-hydrogen) atoms. The summed E-state index contributed by atoms with van der Waals surface area (Å²) in [5.74, 6) is 2.38. The van der Waals surface area contributed by atoms with E-state index in [1.165, 1.54) is 0 Å². The van der Waals surface area contributed by atoms with Crippen molar-refractivity contribution >= 4 is 11.6 Å². The summed E-state index contributed by atoms with van der Waals surface area (Å²) in [5, 5.41) is 6.35. The lowest BCUT2D eigenvalue weighted by Crippen LogP contribution is -2.08. The molecule has 0 saturated carbocycles. The predicted molar refractivity (Wildman–Crippen MR) is 65.7 cm³/mol. The molecule has 2 N–H and O–H groups in total. The summed E-state index contributed by atoms with van der Waals surface area (Å²) in [7, 11) is 0. The summed E-state index contributed by atoms with van der Waals surface area (Å²) in [6.45, 7) is 8.85. The zero-order chi connectivity index (χ0) is 11.8. The van der Waals surface area contributed by atoms with E-state index >= 15 is 0 Å². The summed E-state index contributed by atoms with van der Waals surface area (Å²) in [6, 6.07) is 1.91. The van der Waals surface area contributed by atoms with Gasteiger partial charge in [-0.2, -0.15) is 0 Å². The van der Waals surface area contributed by atoms with Crippen LogP contribution in [0.1, 0.15) is 26.6 Å². The zero-order valence-corrected chi connectivity index (χ0v) is 10.2. The molecule has 0 radical (unpaired) electrons. The Balaban J connectivity index is 2.80. The topological polar surface area (TPSA) is 59.1 Å². The molecule has 0 spiro atoms. The van der Waals surface area contributed by atoms with Crippen LogP contribution in [0, 0.1) is 0 Å². The highest BCUT2D eigenvalue weighted by atomic mass is 16.5. The summed E-state index contributed by atoms with van der Waals surface area (Å²) in [4.78, 5) is 8.71. The van der Waals surface area contributed by atoms with Crippen LogP contribution in [-0.2, 0) is 11.3 Å². The van der Waals surface area contributed by atoms with Crippen molar-refractivity contribution in [2.75, 3.05) is 30.3 Å². The van der Waals surface area contributed by atoms with Crippen LogP contribution in [0.25, 0.3) is 0 Å². The monoisotopic (exact) mass is 224 g/mol. The predicted octanol–water partition coefficient (Wildman–Crippen LogP) is 1.88. The number of ether oxygens (including phenoxy) is 1. The molecule has 1 aromatic rings. The molecule has 5 nitrogen and oxygen atoms in total. The van der Waals surface area contributed by atoms with E-state index in [1.807, 2.05) is 26.8 Å². The highest BCUT2D eigenvalue weighted by Crippen LogP contribution is 2.11. The highest BCUT2D eigenvalue weighted by Gasteiger charge is 2.03. The van der Waals surface area contributed by atoms with E-state index in [9.17, 15) is 0 Å². The minimum atomic E-state index is 0.453. The third-order valence-corrected chi connectivity index (χ3v) is 1.92. The molecule has 1 aromatic heterocycles. The molecule has 0 unspecified atom stereocenters. The largest absolute Gasteiger partial charge is 0.374 e. The molecule has 0 fully saturated rings. The third-order valence-electron chi connectivity index (χ3n) is 1.92. The van der Waals surface area contributed by atoms with Gasteiger partial charge in [0.1, 0.15) is 18.2 Å². The van der Waals surface area contributed by atoms with E-state index in [4.69, 9.17) is 4.74 Å². The molecule has 0 bridgehead atoms. The molecule has 0 atom stereocenters. The smallest absolute Gasteiger partial charge is 0.158 e. The standard InChI is InChI=1S/C11H20N4O/c1-4-12-9-7-10(13-5-2)15-11(14-9)8-16-6-3/h7H,4-6,8H2,1-3H3,(H2,12,13,14,15). The average molecular weight is 224 g/mol. The second-order valence-electron chi connectivity index (χ2n) is 3.25. The number of rotatable bonds is 7. The molecule has 5 heteroatoms. The van der Waals surface area contributed by atoms with Crippen LogP contribution in [-0.4, -0.2) is 29.7 Å². The third kappa shape index (κ3) is 4.02. The molecule has 90 valence electrons. The molecule has 0 aliphatic rings. The Morgan fingerprint density at radius 1 is 1.06 bits per heavy atom. The van der Waals surface area contributed by atoms with Crippen molar-refractivity contribution in [1.82, 2.24) is 9.97 Å². The fraction of sp³-hybridized carbons (Fsp3) is 0.636. The summed E-state index contributed by atoms with van der Waals surface area (Å²) < 4.78 is 5.31. The van der Waals surface area contributed by atoms with Gasteiger partial charge in [-0.3, -0.25) is 0 Å². The van der Waals surface area contributed by atoms with Gasteiger partial charge in [0.15, 0.2) is 5.82 Å². The lowest BCUT2D eigenvalue weighted by molar-refractivity contribution is 0.128. The van der Waals surface area contributed by atoms with Gasteiger partial charge in [-0.05, 0) is 20.8 Å². The first kappa shape index (κ1) is 12.7.